The van der Waals surface area contributed by atoms with Gasteiger partial charge in [-0.25, -0.2) is 0 Å². The second kappa shape index (κ2) is 7.37. The highest BCUT2D eigenvalue weighted by molar-refractivity contribution is 5.25. The van der Waals surface area contributed by atoms with Gasteiger partial charge in [0.25, 0.3) is 0 Å². The van der Waals surface area contributed by atoms with E-state index in [9.17, 15) is 0 Å². The quantitative estimate of drug-likeness (QED) is 0.843. The normalized spacial score (nSPS) is 24.0. The van der Waals surface area contributed by atoms with Gasteiger partial charge in [-0.05, 0) is 82.3 Å². The van der Waals surface area contributed by atoms with Crippen molar-refractivity contribution in [3.8, 4) is 0 Å². The van der Waals surface area contributed by atoms with Crippen LogP contribution in [0.2, 0.25) is 0 Å². The zero-order chi connectivity index (χ0) is 14.5. The van der Waals surface area contributed by atoms with Crippen LogP contribution in [-0.2, 0) is 6.42 Å². The lowest BCUT2D eigenvalue weighted by molar-refractivity contribution is 0.189. The Morgan fingerprint density at radius 3 is 3.00 bits per heavy atom. The molecule has 1 atom stereocenters. The summed E-state index contributed by atoms with van der Waals surface area (Å²) in [6.07, 6.45) is 9.69. The Bertz CT molecular complexity index is 438. The van der Waals surface area contributed by atoms with E-state index in [4.69, 9.17) is 0 Å². The summed E-state index contributed by atoms with van der Waals surface area (Å²) in [5.41, 5.74) is 2.75. The molecule has 1 N–H and O–H groups in total. The zero-order valence-electron chi connectivity index (χ0n) is 13.4. The summed E-state index contributed by atoms with van der Waals surface area (Å²) in [7, 11) is 0. The fraction of sp³-hybridized carbons (Fsp3) is 0.722. The van der Waals surface area contributed by atoms with E-state index in [0.717, 1.165) is 12.5 Å². The molecule has 1 aliphatic carbocycles. The van der Waals surface area contributed by atoms with E-state index in [1.165, 1.54) is 69.4 Å². The van der Waals surface area contributed by atoms with Crippen molar-refractivity contribution in [3.63, 3.8) is 0 Å². The highest BCUT2D eigenvalue weighted by Gasteiger charge is 2.20. The van der Waals surface area contributed by atoms with Crippen molar-refractivity contribution in [1.29, 1.82) is 0 Å². The van der Waals surface area contributed by atoms with E-state index < -0.39 is 0 Å². The number of nitrogens with zero attached hydrogens (tertiary/aromatic N) is 2. The molecule has 1 fully saturated rings. The lowest BCUT2D eigenvalue weighted by Crippen LogP contribution is -2.35. The number of hydrogen-bond acceptors (Lipinski definition) is 3. The molecule has 0 saturated carbocycles. The van der Waals surface area contributed by atoms with E-state index in [-0.39, 0.29) is 0 Å². The van der Waals surface area contributed by atoms with Gasteiger partial charge in [0.15, 0.2) is 0 Å². The van der Waals surface area contributed by atoms with Crippen LogP contribution < -0.4 is 5.32 Å². The largest absolute Gasteiger partial charge is 0.309 e. The van der Waals surface area contributed by atoms with Gasteiger partial charge in [-0.1, -0.05) is 13.0 Å². The number of nitrogens with one attached hydrogen (secondary N) is 1. The van der Waals surface area contributed by atoms with Crippen LogP contribution in [0.3, 0.4) is 0 Å². The first-order valence-electron chi connectivity index (χ1n) is 8.72. The summed E-state index contributed by atoms with van der Waals surface area (Å²) >= 11 is 0. The lowest BCUT2D eigenvalue weighted by Gasteiger charge is -2.30. The fourth-order valence-corrected chi connectivity index (χ4v) is 3.67. The van der Waals surface area contributed by atoms with Gasteiger partial charge in [0.2, 0.25) is 0 Å². The minimum atomic E-state index is 0.483. The predicted octanol–water partition coefficient (Wildman–Crippen LogP) is 3.17. The Hall–Kier alpha value is -0.930. The lowest BCUT2D eigenvalue weighted by atomic mass is 9.92. The standard InChI is InChI=1S/C18H29N3/c1-15-8-13-21(14-9-15)12-4-11-19-17-7-2-5-16-6-3-10-20-18(16)17/h3,6,10,15,17,19H,2,4-5,7-9,11-14H2,1H3. The van der Waals surface area contributed by atoms with Gasteiger partial charge in [-0.2, -0.15) is 0 Å². The van der Waals surface area contributed by atoms with Crippen LogP contribution in [0.5, 0.6) is 0 Å². The number of piperidine rings is 1. The minimum absolute atomic E-state index is 0.483. The molecular weight excluding hydrogens is 258 g/mol. The van der Waals surface area contributed by atoms with Crippen molar-refractivity contribution in [1.82, 2.24) is 15.2 Å². The third-order valence-electron chi connectivity index (χ3n) is 5.11. The molecule has 0 aromatic carbocycles. The topological polar surface area (TPSA) is 28.2 Å². The van der Waals surface area contributed by atoms with Gasteiger partial charge in [0, 0.05) is 12.2 Å². The summed E-state index contributed by atoms with van der Waals surface area (Å²) in [5, 5.41) is 3.74. The summed E-state index contributed by atoms with van der Waals surface area (Å²) in [4.78, 5) is 7.24. The predicted molar refractivity (Wildman–Crippen MR) is 87.4 cm³/mol. The summed E-state index contributed by atoms with van der Waals surface area (Å²) in [6, 6.07) is 4.79. The Morgan fingerprint density at radius 2 is 2.14 bits per heavy atom. The Kier molecular flexibility index (Phi) is 5.26. The van der Waals surface area contributed by atoms with Crippen molar-refractivity contribution >= 4 is 0 Å². The molecule has 2 aliphatic rings. The van der Waals surface area contributed by atoms with Crippen LogP contribution in [0, 0.1) is 5.92 Å². The Balaban J connectivity index is 1.40. The maximum absolute atomic E-state index is 4.60. The Morgan fingerprint density at radius 1 is 1.29 bits per heavy atom. The van der Waals surface area contributed by atoms with Gasteiger partial charge in [0.05, 0.1) is 5.69 Å². The monoisotopic (exact) mass is 287 g/mol. The van der Waals surface area contributed by atoms with Gasteiger partial charge in [-0.3, -0.25) is 4.98 Å². The van der Waals surface area contributed by atoms with Crippen molar-refractivity contribution < 1.29 is 0 Å². The third-order valence-corrected chi connectivity index (χ3v) is 5.11. The van der Waals surface area contributed by atoms with Crippen molar-refractivity contribution in [3.05, 3.63) is 29.6 Å². The van der Waals surface area contributed by atoms with Crippen LogP contribution in [0.4, 0.5) is 0 Å². The molecule has 2 heterocycles. The maximum Gasteiger partial charge on any atom is 0.0605 e. The van der Waals surface area contributed by atoms with E-state index in [1.807, 2.05) is 6.20 Å². The van der Waals surface area contributed by atoms with E-state index in [0.29, 0.717) is 6.04 Å². The van der Waals surface area contributed by atoms with Crippen LogP contribution in [0.15, 0.2) is 18.3 Å². The van der Waals surface area contributed by atoms with Crippen LogP contribution >= 0.6 is 0 Å². The molecular formula is C18H29N3. The number of pyridine rings is 1. The average molecular weight is 287 g/mol. The van der Waals surface area contributed by atoms with Gasteiger partial charge < -0.3 is 10.2 Å². The molecule has 0 spiro atoms. The van der Waals surface area contributed by atoms with E-state index >= 15 is 0 Å². The smallest absolute Gasteiger partial charge is 0.0605 e. The summed E-state index contributed by atoms with van der Waals surface area (Å²) < 4.78 is 0. The number of rotatable bonds is 5. The number of likely N-dealkylation sites (tertiary alicyclic amines) is 1. The highest BCUT2D eigenvalue weighted by atomic mass is 15.1. The first-order chi connectivity index (χ1) is 10.3. The first-order valence-corrected chi connectivity index (χ1v) is 8.72. The molecule has 1 aliphatic heterocycles. The fourth-order valence-electron chi connectivity index (χ4n) is 3.67. The molecule has 3 heteroatoms. The highest BCUT2D eigenvalue weighted by Crippen LogP contribution is 2.27. The number of hydrogen-bond donors (Lipinski definition) is 1. The van der Waals surface area contributed by atoms with Crippen molar-refractivity contribution in [2.75, 3.05) is 26.2 Å². The number of fused-ring (bicyclic) bond motifs is 1. The van der Waals surface area contributed by atoms with Crippen LogP contribution in [-0.4, -0.2) is 36.1 Å². The van der Waals surface area contributed by atoms with Crippen LogP contribution in [0.1, 0.15) is 56.3 Å². The number of aromatic nitrogens is 1. The van der Waals surface area contributed by atoms with Gasteiger partial charge in [0.1, 0.15) is 0 Å². The third kappa shape index (κ3) is 4.04. The second-order valence-corrected chi connectivity index (χ2v) is 6.82. The van der Waals surface area contributed by atoms with E-state index in [2.05, 4.69) is 34.3 Å². The van der Waals surface area contributed by atoms with E-state index in [1.54, 1.807) is 0 Å². The first kappa shape index (κ1) is 15.0. The number of aryl methyl sites for hydroxylation is 1. The molecule has 1 aromatic rings. The molecule has 3 nitrogen and oxygen atoms in total. The van der Waals surface area contributed by atoms with Crippen LogP contribution in [0.25, 0.3) is 0 Å². The minimum Gasteiger partial charge on any atom is -0.309 e. The molecule has 1 saturated heterocycles. The SMILES string of the molecule is CC1CCN(CCCNC2CCCc3cccnc32)CC1. The Labute approximate surface area is 129 Å². The van der Waals surface area contributed by atoms with Crippen molar-refractivity contribution in [2.24, 2.45) is 5.92 Å². The van der Waals surface area contributed by atoms with Gasteiger partial charge >= 0.3 is 0 Å². The van der Waals surface area contributed by atoms with Gasteiger partial charge in [-0.15, -0.1) is 0 Å². The summed E-state index contributed by atoms with van der Waals surface area (Å²) in [6.45, 7) is 7.35. The zero-order valence-corrected chi connectivity index (χ0v) is 13.4. The average Bonchev–Trinajstić information content (AvgIpc) is 2.53. The molecule has 116 valence electrons. The molecule has 21 heavy (non-hydrogen) atoms. The molecule has 0 radical (unpaired) electrons. The van der Waals surface area contributed by atoms with Crippen molar-refractivity contribution in [2.45, 2.75) is 51.5 Å². The molecule has 1 aromatic heterocycles. The molecule has 1 unspecified atom stereocenters. The molecule has 0 bridgehead atoms. The second-order valence-electron chi connectivity index (χ2n) is 6.82. The molecule has 3 rings (SSSR count). The maximum atomic E-state index is 4.60. The summed E-state index contributed by atoms with van der Waals surface area (Å²) in [5.74, 6) is 0.934. The molecule has 0 amide bonds.